The number of thioether (sulfide) groups is 1. The number of alkyl halides is 3. The lowest BCUT2D eigenvalue weighted by molar-refractivity contribution is -0.137. The summed E-state index contributed by atoms with van der Waals surface area (Å²) in [6.07, 6.45) is -4.61. The molecule has 3 aromatic rings. The third-order valence-corrected chi connectivity index (χ3v) is 4.38. The van der Waals surface area contributed by atoms with E-state index in [9.17, 15) is 18.0 Å². The topological polar surface area (TPSA) is 57.8 Å². The van der Waals surface area contributed by atoms with E-state index < -0.39 is 17.6 Å². The second-order valence-electron chi connectivity index (χ2n) is 5.08. The lowest BCUT2D eigenvalue weighted by Crippen LogP contribution is -2.18. The van der Waals surface area contributed by atoms with Gasteiger partial charge in [-0.1, -0.05) is 35.5 Å². The van der Waals surface area contributed by atoms with Crippen LogP contribution in [0.25, 0.3) is 11.0 Å². The first kappa shape index (κ1) is 17.6. The first-order chi connectivity index (χ1) is 11.8. The van der Waals surface area contributed by atoms with E-state index in [4.69, 9.17) is 11.6 Å². The predicted octanol–water partition coefficient (Wildman–Crippen LogP) is 4.97. The summed E-state index contributed by atoms with van der Waals surface area (Å²) in [7, 11) is 0. The van der Waals surface area contributed by atoms with E-state index >= 15 is 0 Å². The highest BCUT2D eigenvalue weighted by Crippen LogP contribution is 2.36. The number of rotatable bonds is 4. The lowest BCUT2D eigenvalue weighted by Gasteiger charge is -2.13. The molecule has 9 heteroatoms. The standard InChI is InChI=1S/C16H11ClF3N3OS/c17-9-5-6-11(10(7-9)16(18,19)20)21-14(24)8-25-15-22-12-3-1-2-4-13(12)23-15/h1-7H,8H2,(H,21,24)(H,22,23). The number of anilines is 1. The molecule has 0 aliphatic heterocycles. The first-order valence-corrected chi connectivity index (χ1v) is 8.43. The second kappa shape index (κ2) is 6.97. The highest BCUT2D eigenvalue weighted by Gasteiger charge is 2.34. The number of carbonyl (C=O) groups is 1. The van der Waals surface area contributed by atoms with Crippen molar-refractivity contribution in [2.75, 3.05) is 11.1 Å². The van der Waals surface area contributed by atoms with Gasteiger partial charge in [-0.05, 0) is 30.3 Å². The number of imidazole rings is 1. The van der Waals surface area contributed by atoms with Gasteiger partial charge in [0.1, 0.15) is 0 Å². The number of carbonyl (C=O) groups excluding carboxylic acids is 1. The van der Waals surface area contributed by atoms with E-state index in [0.717, 1.165) is 34.9 Å². The van der Waals surface area contributed by atoms with Gasteiger partial charge in [0.25, 0.3) is 0 Å². The maximum absolute atomic E-state index is 13.0. The quantitative estimate of drug-likeness (QED) is 0.624. The Morgan fingerprint density at radius 1 is 1.24 bits per heavy atom. The van der Waals surface area contributed by atoms with Crippen molar-refractivity contribution in [3.05, 3.63) is 53.1 Å². The average Bonchev–Trinajstić information content (AvgIpc) is 2.96. The minimum atomic E-state index is -4.61. The van der Waals surface area contributed by atoms with Crippen molar-refractivity contribution in [3.63, 3.8) is 0 Å². The number of benzene rings is 2. The molecule has 0 fully saturated rings. The van der Waals surface area contributed by atoms with Crippen molar-refractivity contribution in [2.24, 2.45) is 0 Å². The van der Waals surface area contributed by atoms with Crippen LogP contribution >= 0.6 is 23.4 Å². The zero-order chi connectivity index (χ0) is 18.0. The van der Waals surface area contributed by atoms with E-state index in [2.05, 4.69) is 15.3 Å². The molecule has 1 amide bonds. The van der Waals surface area contributed by atoms with Crippen LogP contribution in [-0.4, -0.2) is 21.6 Å². The summed E-state index contributed by atoms with van der Waals surface area (Å²) in [5.41, 5.74) is 0.263. The number of para-hydroxylation sites is 2. The van der Waals surface area contributed by atoms with Gasteiger partial charge < -0.3 is 10.3 Å². The van der Waals surface area contributed by atoms with Crippen molar-refractivity contribution in [2.45, 2.75) is 11.3 Å². The summed E-state index contributed by atoms with van der Waals surface area (Å²) in [5, 5.41) is 2.73. The number of halogens is 4. The molecule has 130 valence electrons. The Hall–Kier alpha value is -2.19. The maximum Gasteiger partial charge on any atom is 0.418 e. The molecule has 1 aromatic heterocycles. The van der Waals surface area contributed by atoms with Crippen molar-refractivity contribution in [1.82, 2.24) is 9.97 Å². The van der Waals surface area contributed by atoms with Crippen LogP contribution in [0.2, 0.25) is 5.02 Å². The fourth-order valence-corrected chi connectivity index (χ4v) is 3.04. The maximum atomic E-state index is 13.0. The molecule has 0 aliphatic carbocycles. The molecule has 0 spiro atoms. The Kier molecular flexibility index (Phi) is 4.91. The van der Waals surface area contributed by atoms with Gasteiger partial charge in [0.05, 0.1) is 28.0 Å². The molecule has 1 heterocycles. The molecule has 3 rings (SSSR count). The Balaban J connectivity index is 1.68. The van der Waals surface area contributed by atoms with E-state index in [1.807, 2.05) is 24.3 Å². The number of amides is 1. The van der Waals surface area contributed by atoms with E-state index in [1.165, 1.54) is 6.07 Å². The number of nitrogens with one attached hydrogen (secondary N) is 2. The molecule has 0 atom stereocenters. The normalized spacial score (nSPS) is 11.7. The van der Waals surface area contributed by atoms with Crippen LogP contribution in [0.4, 0.5) is 18.9 Å². The summed E-state index contributed by atoms with van der Waals surface area (Å²) >= 11 is 6.71. The summed E-state index contributed by atoms with van der Waals surface area (Å²) in [4.78, 5) is 19.3. The molecular weight excluding hydrogens is 375 g/mol. The zero-order valence-electron chi connectivity index (χ0n) is 12.5. The van der Waals surface area contributed by atoms with Crippen LogP contribution in [0.1, 0.15) is 5.56 Å². The molecule has 4 nitrogen and oxygen atoms in total. The summed E-state index contributed by atoms with van der Waals surface area (Å²) in [6.45, 7) is 0. The van der Waals surface area contributed by atoms with Crippen LogP contribution < -0.4 is 5.32 Å². The minimum absolute atomic E-state index is 0.0537. The smallest absolute Gasteiger partial charge is 0.333 e. The van der Waals surface area contributed by atoms with Gasteiger partial charge in [-0.25, -0.2) is 4.98 Å². The largest absolute Gasteiger partial charge is 0.418 e. The van der Waals surface area contributed by atoms with Gasteiger partial charge in [0, 0.05) is 5.02 Å². The highest BCUT2D eigenvalue weighted by atomic mass is 35.5. The van der Waals surface area contributed by atoms with Gasteiger partial charge >= 0.3 is 6.18 Å². The predicted molar refractivity (Wildman–Crippen MR) is 91.9 cm³/mol. The van der Waals surface area contributed by atoms with Gasteiger partial charge in [-0.15, -0.1) is 0 Å². The van der Waals surface area contributed by atoms with Gasteiger partial charge in [0.15, 0.2) is 5.16 Å². The fourth-order valence-electron chi connectivity index (χ4n) is 2.18. The number of aromatic nitrogens is 2. The average molecular weight is 386 g/mol. The molecule has 0 unspecified atom stereocenters. The van der Waals surface area contributed by atoms with Crippen LogP contribution in [0.5, 0.6) is 0 Å². The SMILES string of the molecule is O=C(CSc1nc2ccccc2[nH]1)Nc1ccc(Cl)cc1C(F)(F)F. The molecule has 0 aliphatic rings. The molecule has 25 heavy (non-hydrogen) atoms. The molecule has 0 saturated heterocycles. The van der Waals surface area contributed by atoms with Gasteiger partial charge in [-0.2, -0.15) is 13.2 Å². The van der Waals surface area contributed by atoms with Crippen LogP contribution in [0, 0.1) is 0 Å². The number of hydrogen-bond donors (Lipinski definition) is 2. The van der Waals surface area contributed by atoms with Crippen molar-refractivity contribution in [1.29, 1.82) is 0 Å². The van der Waals surface area contributed by atoms with Crippen molar-refractivity contribution in [3.8, 4) is 0 Å². The van der Waals surface area contributed by atoms with Gasteiger partial charge in [-0.3, -0.25) is 4.79 Å². The molecule has 0 saturated carbocycles. The monoisotopic (exact) mass is 385 g/mol. The lowest BCUT2D eigenvalue weighted by atomic mass is 10.1. The second-order valence-corrected chi connectivity index (χ2v) is 6.48. The highest BCUT2D eigenvalue weighted by molar-refractivity contribution is 7.99. The summed E-state index contributed by atoms with van der Waals surface area (Å²) in [5.74, 6) is -0.655. The Bertz CT molecular complexity index is 893. The summed E-state index contributed by atoms with van der Waals surface area (Å²) < 4.78 is 39.1. The number of aromatic amines is 1. The van der Waals surface area contributed by atoms with Crippen LogP contribution in [0.15, 0.2) is 47.6 Å². The molecule has 0 bridgehead atoms. The number of H-pyrrole nitrogens is 1. The van der Waals surface area contributed by atoms with Crippen molar-refractivity contribution < 1.29 is 18.0 Å². The number of nitrogens with zero attached hydrogens (tertiary/aromatic N) is 1. The Labute approximate surface area is 149 Å². The Morgan fingerprint density at radius 3 is 2.72 bits per heavy atom. The number of hydrogen-bond acceptors (Lipinski definition) is 3. The molecule has 0 radical (unpaired) electrons. The third kappa shape index (κ3) is 4.26. The first-order valence-electron chi connectivity index (χ1n) is 7.07. The minimum Gasteiger partial charge on any atom is -0.333 e. The van der Waals surface area contributed by atoms with Crippen LogP contribution in [0.3, 0.4) is 0 Å². The van der Waals surface area contributed by atoms with E-state index in [0.29, 0.717) is 5.16 Å². The molecular formula is C16H11ClF3N3OS. The molecule has 2 aromatic carbocycles. The van der Waals surface area contributed by atoms with Crippen LogP contribution in [-0.2, 0) is 11.0 Å². The van der Waals surface area contributed by atoms with E-state index in [1.54, 1.807) is 0 Å². The van der Waals surface area contributed by atoms with Gasteiger partial charge in [0.2, 0.25) is 5.91 Å². The van der Waals surface area contributed by atoms with E-state index in [-0.39, 0.29) is 16.5 Å². The third-order valence-electron chi connectivity index (χ3n) is 3.27. The zero-order valence-corrected chi connectivity index (χ0v) is 14.1. The molecule has 2 N–H and O–H groups in total. The summed E-state index contributed by atoms with van der Waals surface area (Å²) in [6, 6.07) is 10.6. The Morgan fingerprint density at radius 2 is 2.00 bits per heavy atom. The number of fused-ring (bicyclic) bond motifs is 1. The fraction of sp³-hybridized carbons (Fsp3) is 0.125. The van der Waals surface area contributed by atoms with Crippen molar-refractivity contribution >= 4 is 46.0 Å².